The third-order valence-electron chi connectivity index (χ3n) is 2.53. The van der Waals surface area contributed by atoms with E-state index in [4.69, 9.17) is 10.5 Å². The number of rotatable bonds is 6. The van der Waals surface area contributed by atoms with Gasteiger partial charge in [0.1, 0.15) is 12.4 Å². The zero-order chi connectivity index (χ0) is 12.7. The van der Waals surface area contributed by atoms with Crippen LogP contribution in [-0.4, -0.2) is 17.6 Å². The lowest BCUT2D eigenvalue weighted by molar-refractivity contribution is 0.360. The van der Waals surface area contributed by atoms with Crippen LogP contribution in [-0.2, 0) is 6.42 Å². The van der Waals surface area contributed by atoms with Crippen molar-refractivity contribution in [1.82, 2.24) is 4.98 Å². The standard InChI is InChI=1S/C14H22N2O/c1-4-12(15)9-13-5-6-14(10-16-13)17-8-7-11(2)3/h5-7,10,12H,4,8-9,15H2,1-3H3. The normalized spacial score (nSPS) is 12.0. The molecule has 94 valence electrons. The molecule has 0 aliphatic rings. The van der Waals surface area contributed by atoms with Crippen LogP contribution in [0.2, 0.25) is 0 Å². The van der Waals surface area contributed by atoms with Crippen molar-refractivity contribution in [2.75, 3.05) is 6.61 Å². The van der Waals surface area contributed by atoms with E-state index < -0.39 is 0 Å². The lowest BCUT2D eigenvalue weighted by Crippen LogP contribution is -2.21. The highest BCUT2D eigenvalue weighted by Crippen LogP contribution is 2.10. The zero-order valence-electron chi connectivity index (χ0n) is 10.9. The molecule has 0 spiro atoms. The molecule has 1 aromatic rings. The van der Waals surface area contributed by atoms with Gasteiger partial charge in [0.25, 0.3) is 0 Å². The van der Waals surface area contributed by atoms with Crippen LogP contribution in [0.4, 0.5) is 0 Å². The zero-order valence-corrected chi connectivity index (χ0v) is 10.9. The highest BCUT2D eigenvalue weighted by atomic mass is 16.5. The highest BCUT2D eigenvalue weighted by molar-refractivity contribution is 5.20. The van der Waals surface area contributed by atoms with Crippen LogP contribution < -0.4 is 10.5 Å². The number of aromatic nitrogens is 1. The van der Waals surface area contributed by atoms with Crippen LogP contribution >= 0.6 is 0 Å². The van der Waals surface area contributed by atoms with Gasteiger partial charge in [-0.1, -0.05) is 12.5 Å². The topological polar surface area (TPSA) is 48.1 Å². The number of hydrogen-bond donors (Lipinski definition) is 1. The summed E-state index contributed by atoms with van der Waals surface area (Å²) in [6.45, 7) is 6.78. The summed E-state index contributed by atoms with van der Waals surface area (Å²) in [7, 11) is 0. The summed E-state index contributed by atoms with van der Waals surface area (Å²) in [6, 6.07) is 4.12. The number of nitrogens with two attached hydrogens (primary N) is 1. The molecule has 0 amide bonds. The summed E-state index contributed by atoms with van der Waals surface area (Å²) in [6.07, 6.45) is 5.60. The average molecular weight is 234 g/mol. The van der Waals surface area contributed by atoms with E-state index >= 15 is 0 Å². The van der Waals surface area contributed by atoms with Crippen LogP contribution in [0.3, 0.4) is 0 Å². The van der Waals surface area contributed by atoms with Crippen molar-refractivity contribution in [3.63, 3.8) is 0 Å². The molecule has 3 heteroatoms. The van der Waals surface area contributed by atoms with E-state index in [-0.39, 0.29) is 6.04 Å². The number of nitrogens with zero attached hydrogens (tertiary/aromatic N) is 1. The van der Waals surface area contributed by atoms with Crippen LogP contribution in [0.5, 0.6) is 5.75 Å². The average Bonchev–Trinajstić information content (AvgIpc) is 2.31. The summed E-state index contributed by atoms with van der Waals surface area (Å²) in [5, 5.41) is 0. The molecular formula is C14H22N2O. The minimum absolute atomic E-state index is 0.194. The van der Waals surface area contributed by atoms with Crippen molar-refractivity contribution >= 4 is 0 Å². The number of pyridine rings is 1. The van der Waals surface area contributed by atoms with E-state index in [0.717, 1.165) is 24.3 Å². The van der Waals surface area contributed by atoms with Crippen molar-refractivity contribution in [2.24, 2.45) is 5.73 Å². The minimum Gasteiger partial charge on any atom is -0.488 e. The first kappa shape index (κ1) is 13.7. The molecule has 0 saturated carbocycles. The first-order chi connectivity index (χ1) is 8.11. The molecule has 1 aromatic heterocycles. The summed E-state index contributed by atoms with van der Waals surface area (Å²) in [5.41, 5.74) is 8.15. The summed E-state index contributed by atoms with van der Waals surface area (Å²) in [4.78, 5) is 4.34. The van der Waals surface area contributed by atoms with Crippen molar-refractivity contribution in [1.29, 1.82) is 0 Å². The monoisotopic (exact) mass is 234 g/mol. The second-order valence-electron chi connectivity index (χ2n) is 4.45. The Kier molecular flexibility index (Phi) is 5.70. The highest BCUT2D eigenvalue weighted by Gasteiger charge is 2.02. The van der Waals surface area contributed by atoms with E-state index in [9.17, 15) is 0 Å². The third-order valence-corrected chi connectivity index (χ3v) is 2.53. The Bertz CT molecular complexity index is 353. The Morgan fingerprint density at radius 3 is 2.76 bits per heavy atom. The van der Waals surface area contributed by atoms with E-state index in [2.05, 4.69) is 25.8 Å². The van der Waals surface area contributed by atoms with Gasteiger partial charge in [-0.25, -0.2) is 0 Å². The fourth-order valence-corrected chi connectivity index (χ4v) is 1.33. The second kappa shape index (κ2) is 7.07. The fraction of sp³-hybridized carbons (Fsp3) is 0.500. The molecule has 1 heterocycles. The van der Waals surface area contributed by atoms with Crippen LogP contribution in [0.1, 0.15) is 32.9 Å². The first-order valence-corrected chi connectivity index (χ1v) is 6.08. The summed E-state index contributed by atoms with van der Waals surface area (Å²) in [5.74, 6) is 0.802. The molecule has 1 atom stereocenters. The van der Waals surface area contributed by atoms with Gasteiger partial charge < -0.3 is 10.5 Å². The van der Waals surface area contributed by atoms with E-state index in [1.807, 2.05) is 18.2 Å². The van der Waals surface area contributed by atoms with Crippen molar-refractivity contribution in [3.8, 4) is 5.75 Å². The molecule has 0 radical (unpaired) electrons. The molecule has 17 heavy (non-hydrogen) atoms. The maximum Gasteiger partial charge on any atom is 0.138 e. The van der Waals surface area contributed by atoms with E-state index in [1.165, 1.54) is 5.57 Å². The van der Waals surface area contributed by atoms with Gasteiger partial charge in [0.05, 0.1) is 6.20 Å². The van der Waals surface area contributed by atoms with Gasteiger partial charge in [-0.15, -0.1) is 0 Å². The summed E-state index contributed by atoms with van der Waals surface area (Å²) >= 11 is 0. The molecule has 0 bridgehead atoms. The quantitative estimate of drug-likeness (QED) is 0.770. The van der Waals surface area contributed by atoms with Crippen molar-refractivity contribution in [2.45, 2.75) is 39.7 Å². The fourth-order valence-electron chi connectivity index (χ4n) is 1.33. The second-order valence-corrected chi connectivity index (χ2v) is 4.45. The van der Waals surface area contributed by atoms with Gasteiger partial charge in [0.15, 0.2) is 0 Å². The largest absolute Gasteiger partial charge is 0.488 e. The Balaban J connectivity index is 2.47. The van der Waals surface area contributed by atoms with Gasteiger partial charge in [-0.05, 0) is 38.5 Å². The van der Waals surface area contributed by atoms with Crippen LogP contribution in [0, 0.1) is 0 Å². The Morgan fingerprint density at radius 1 is 1.47 bits per heavy atom. The third kappa shape index (κ3) is 5.50. The van der Waals surface area contributed by atoms with Crippen LogP contribution in [0.15, 0.2) is 30.0 Å². The van der Waals surface area contributed by atoms with Gasteiger partial charge in [0.2, 0.25) is 0 Å². The minimum atomic E-state index is 0.194. The summed E-state index contributed by atoms with van der Waals surface area (Å²) < 4.78 is 5.53. The predicted octanol–water partition coefficient (Wildman–Crippen LogP) is 2.71. The molecule has 2 N–H and O–H groups in total. The maximum atomic E-state index is 5.88. The number of allylic oxidation sites excluding steroid dienone is 1. The number of hydrogen-bond acceptors (Lipinski definition) is 3. The van der Waals surface area contributed by atoms with Gasteiger partial charge in [0, 0.05) is 18.2 Å². The smallest absolute Gasteiger partial charge is 0.138 e. The molecule has 0 saturated heterocycles. The van der Waals surface area contributed by atoms with Gasteiger partial charge in [-0.2, -0.15) is 0 Å². The molecular weight excluding hydrogens is 212 g/mol. The molecule has 0 aromatic carbocycles. The van der Waals surface area contributed by atoms with Crippen LogP contribution in [0.25, 0.3) is 0 Å². The Morgan fingerprint density at radius 2 is 2.24 bits per heavy atom. The Labute approximate surface area is 104 Å². The lowest BCUT2D eigenvalue weighted by Gasteiger charge is -2.08. The lowest BCUT2D eigenvalue weighted by atomic mass is 10.1. The molecule has 0 fully saturated rings. The van der Waals surface area contributed by atoms with Crippen molar-refractivity contribution in [3.05, 3.63) is 35.7 Å². The SMILES string of the molecule is CCC(N)Cc1ccc(OCC=C(C)C)cn1. The Hall–Kier alpha value is -1.35. The molecule has 0 aliphatic heterocycles. The van der Waals surface area contributed by atoms with Gasteiger partial charge >= 0.3 is 0 Å². The molecule has 1 rings (SSSR count). The molecule has 3 nitrogen and oxygen atoms in total. The first-order valence-electron chi connectivity index (χ1n) is 6.08. The maximum absolute atomic E-state index is 5.88. The molecule has 1 unspecified atom stereocenters. The van der Waals surface area contributed by atoms with Crippen molar-refractivity contribution < 1.29 is 4.74 Å². The van der Waals surface area contributed by atoms with E-state index in [1.54, 1.807) is 6.20 Å². The number of ether oxygens (including phenoxy) is 1. The predicted molar refractivity (Wildman–Crippen MR) is 71.1 cm³/mol. The van der Waals surface area contributed by atoms with E-state index in [0.29, 0.717) is 6.61 Å². The van der Waals surface area contributed by atoms with Gasteiger partial charge in [-0.3, -0.25) is 4.98 Å². The molecule has 0 aliphatic carbocycles.